The zero-order chi connectivity index (χ0) is 15.6. The van der Waals surface area contributed by atoms with E-state index in [1.807, 2.05) is 6.92 Å². The van der Waals surface area contributed by atoms with Gasteiger partial charge in [0.1, 0.15) is 0 Å². The Bertz CT molecular complexity index is 641. The minimum absolute atomic E-state index is 0.0269. The normalized spacial score (nSPS) is 20.4. The van der Waals surface area contributed by atoms with Gasteiger partial charge in [0.05, 0.1) is 16.6 Å². The van der Waals surface area contributed by atoms with Crippen LogP contribution in [0.15, 0.2) is 23.1 Å². The van der Waals surface area contributed by atoms with Crippen molar-refractivity contribution < 1.29 is 23.4 Å². The molecule has 1 atom stereocenters. The fourth-order valence-electron chi connectivity index (χ4n) is 2.50. The van der Waals surface area contributed by atoms with Crippen molar-refractivity contribution in [3.05, 3.63) is 29.3 Å². The van der Waals surface area contributed by atoms with E-state index in [9.17, 15) is 18.3 Å². The fraction of sp³-hybridized carbons (Fsp3) is 0.500. The molecule has 0 bridgehead atoms. The van der Waals surface area contributed by atoms with Crippen LogP contribution in [0.4, 0.5) is 0 Å². The summed E-state index contributed by atoms with van der Waals surface area (Å²) in [6, 6.07) is 4.15. The van der Waals surface area contributed by atoms with E-state index in [0.29, 0.717) is 31.4 Å². The summed E-state index contributed by atoms with van der Waals surface area (Å²) in [6.45, 7) is 2.22. The number of sulfonamides is 1. The quantitative estimate of drug-likeness (QED) is 0.867. The van der Waals surface area contributed by atoms with Gasteiger partial charge in [0.25, 0.3) is 0 Å². The van der Waals surface area contributed by atoms with Gasteiger partial charge in [-0.25, -0.2) is 13.2 Å². The van der Waals surface area contributed by atoms with E-state index in [1.165, 1.54) is 22.5 Å². The zero-order valence-electron chi connectivity index (χ0n) is 11.8. The Kier molecular flexibility index (Phi) is 4.65. The lowest BCUT2D eigenvalue weighted by Crippen LogP contribution is -2.42. The van der Waals surface area contributed by atoms with Gasteiger partial charge in [0.15, 0.2) is 0 Å². The van der Waals surface area contributed by atoms with Gasteiger partial charge < -0.3 is 10.2 Å². The second-order valence-electron chi connectivity index (χ2n) is 5.14. The molecule has 2 rings (SSSR count). The molecular formula is C14H19NO5S. The summed E-state index contributed by atoms with van der Waals surface area (Å²) in [4.78, 5) is 11.1. The van der Waals surface area contributed by atoms with Crippen LogP contribution in [-0.4, -0.2) is 48.1 Å². The summed E-state index contributed by atoms with van der Waals surface area (Å²) in [5.74, 6) is -1.16. The molecule has 1 aromatic carbocycles. The Morgan fingerprint density at radius 1 is 1.43 bits per heavy atom. The van der Waals surface area contributed by atoms with Gasteiger partial charge >= 0.3 is 5.97 Å². The number of nitrogens with zero attached hydrogens (tertiary/aromatic N) is 1. The highest BCUT2D eigenvalue weighted by Crippen LogP contribution is 2.25. The molecule has 0 radical (unpaired) electrons. The summed E-state index contributed by atoms with van der Waals surface area (Å²) >= 11 is 0. The summed E-state index contributed by atoms with van der Waals surface area (Å²) in [6.07, 6.45) is 1.01. The maximum Gasteiger partial charge on any atom is 0.335 e. The van der Waals surface area contributed by atoms with Gasteiger partial charge in [0, 0.05) is 13.1 Å². The van der Waals surface area contributed by atoms with Gasteiger partial charge in [-0.2, -0.15) is 4.31 Å². The summed E-state index contributed by atoms with van der Waals surface area (Å²) in [7, 11) is -3.78. The molecule has 2 N–H and O–H groups in total. The van der Waals surface area contributed by atoms with Gasteiger partial charge in [-0.1, -0.05) is 13.0 Å². The molecule has 0 aliphatic carbocycles. The molecule has 1 fully saturated rings. The van der Waals surface area contributed by atoms with Gasteiger partial charge in [-0.15, -0.1) is 0 Å². The Hall–Kier alpha value is -1.44. The Labute approximate surface area is 124 Å². The number of benzene rings is 1. The lowest BCUT2D eigenvalue weighted by atomic mass is 10.1. The minimum atomic E-state index is -3.78. The summed E-state index contributed by atoms with van der Waals surface area (Å²) < 4.78 is 26.7. The van der Waals surface area contributed by atoms with E-state index in [2.05, 4.69) is 0 Å². The number of piperidine rings is 1. The average Bonchev–Trinajstić information content (AvgIpc) is 2.46. The van der Waals surface area contributed by atoms with Crippen molar-refractivity contribution in [3.8, 4) is 0 Å². The summed E-state index contributed by atoms with van der Waals surface area (Å²) in [5.41, 5.74) is 0.531. The lowest BCUT2D eigenvalue weighted by molar-refractivity contribution is 0.0696. The van der Waals surface area contributed by atoms with Crippen LogP contribution >= 0.6 is 0 Å². The van der Waals surface area contributed by atoms with Crippen molar-refractivity contribution in [2.24, 2.45) is 0 Å². The second-order valence-corrected chi connectivity index (χ2v) is 7.05. The average molecular weight is 313 g/mol. The SMILES string of the molecule is CCc1ccc(C(=O)O)cc1S(=O)(=O)N1CCCC(O)C1. The van der Waals surface area contributed by atoms with Gasteiger partial charge in [0.2, 0.25) is 10.0 Å². The maximum atomic E-state index is 12.7. The van der Waals surface area contributed by atoms with E-state index in [1.54, 1.807) is 0 Å². The molecule has 7 heteroatoms. The molecule has 1 saturated heterocycles. The van der Waals surface area contributed by atoms with Gasteiger partial charge in [-0.05, 0) is 37.0 Å². The largest absolute Gasteiger partial charge is 0.478 e. The zero-order valence-corrected chi connectivity index (χ0v) is 12.6. The molecular weight excluding hydrogens is 294 g/mol. The molecule has 1 unspecified atom stereocenters. The monoisotopic (exact) mass is 313 g/mol. The molecule has 0 aromatic heterocycles. The van der Waals surface area contributed by atoms with E-state index in [4.69, 9.17) is 5.11 Å². The molecule has 1 aliphatic heterocycles. The van der Waals surface area contributed by atoms with E-state index in [-0.39, 0.29) is 17.0 Å². The first-order valence-corrected chi connectivity index (χ1v) is 8.34. The van der Waals surface area contributed by atoms with Crippen molar-refractivity contribution in [1.82, 2.24) is 4.31 Å². The van der Waals surface area contributed by atoms with Crippen LogP contribution in [-0.2, 0) is 16.4 Å². The molecule has 116 valence electrons. The molecule has 6 nitrogen and oxygen atoms in total. The van der Waals surface area contributed by atoms with E-state index in [0.717, 1.165) is 0 Å². The van der Waals surface area contributed by atoms with Crippen molar-refractivity contribution in [1.29, 1.82) is 0 Å². The van der Waals surface area contributed by atoms with Crippen LogP contribution < -0.4 is 0 Å². The van der Waals surface area contributed by atoms with Crippen LogP contribution in [0.1, 0.15) is 35.7 Å². The van der Waals surface area contributed by atoms with Gasteiger partial charge in [-0.3, -0.25) is 0 Å². The van der Waals surface area contributed by atoms with Crippen molar-refractivity contribution in [2.75, 3.05) is 13.1 Å². The predicted molar refractivity (Wildman–Crippen MR) is 76.8 cm³/mol. The second kappa shape index (κ2) is 6.13. The first-order chi connectivity index (χ1) is 9.86. The number of aliphatic hydroxyl groups excluding tert-OH is 1. The molecule has 0 spiro atoms. The number of carboxylic acids is 1. The smallest absolute Gasteiger partial charge is 0.335 e. The fourth-order valence-corrected chi connectivity index (χ4v) is 4.33. The van der Waals surface area contributed by atoms with Crippen LogP contribution in [0, 0.1) is 0 Å². The first-order valence-electron chi connectivity index (χ1n) is 6.90. The van der Waals surface area contributed by atoms with Crippen LogP contribution in [0.25, 0.3) is 0 Å². The molecule has 0 saturated carbocycles. The molecule has 0 amide bonds. The van der Waals surface area contributed by atoms with E-state index < -0.39 is 22.1 Å². The van der Waals surface area contributed by atoms with Crippen molar-refractivity contribution in [2.45, 2.75) is 37.2 Å². The van der Waals surface area contributed by atoms with Crippen LogP contribution in [0.3, 0.4) is 0 Å². The Morgan fingerprint density at radius 2 is 2.14 bits per heavy atom. The topological polar surface area (TPSA) is 94.9 Å². The first kappa shape index (κ1) is 15.9. The number of aryl methyl sites for hydroxylation is 1. The van der Waals surface area contributed by atoms with Crippen LogP contribution in [0.2, 0.25) is 0 Å². The summed E-state index contributed by atoms with van der Waals surface area (Å²) in [5, 5.41) is 18.7. The number of hydrogen-bond acceptors (Lipinski definition) is 4. The highest BCUT2D eigenvalue weighted by atomic mass is 32.2. The predicted octanol–water partition coefficient (Wildman–Crippen LogP) is 1.09. The Balaban J connectivity index is 2.47. The lowest BCUT2D eigenvalue weighted by Gasteiger charge is -2.29. The number of β-amino-alcohol motifs (C(OH)–C–C–N with tert-alkyl or cyclic N) is 1. The standard InChI is InChI=1S/C14H19NO5S/c1-2-10-5-6-11(14(17)18)8-13(10)21(19,20)15-7-3-4-12(16)9-15/h5-6,8,12,16H,2-4,7,9H2,1H3,(H,17,18). The maximum absolute atomic E-state index is 12.7. The molecule has 1 aliphatic rings. The number of hydrogen-bond donors (Lipinski definition) is 2. The van der Waals surface area contributed by atoms with Crippen molar-refractivity contribution in [3.63, 3.8) is 0 Å². The third kappa shape index (κ3) is 3.25. The number of carboxylic acid groups (broad SMARTS) is 1. The number of aromatic carboxylic acids is 1. The van der Waals surface area contributed by atoms with Crippen LogP contribution in [0.5, 0.6) is 0 Å². The minimum Gasteiger partial charge on any atom is -0.478 e. The molecule has 1 aromatic rings. The van der Waals surface area contributed by atoms with E-state index >= 15 is 0 Å². The van der Waals surface area contributed by atoms with Crippen molar-refractivity contribution >= 4 is 16.0 Å². The molecule has 21 heavy (non-hydrogen) atoms. The highest BCUT2D eigenvalue weighted by molar-refractivity contribution is 7.89. The Morgan fingerprint density at radius 3 is 2.71 bits per heavy atom. The number of rotatable bonds is 4. The third-order valence-electron chi connectivity index (χ3n) is 3.67. The number of carbonyl (C=O) groups is 1. The number of aliphatic hydroxyl groups is 1. The molecule has 1 heterocycles. The third-order valence-corrected chi connectivity index (χ3v) is 5.62. The highest BCUT2D eigenvalue weighted by Gasteiger charge is 2.31.